The summed E-state index contributed by atoms with van der Waals surface area (Å²) in [4.78, 5) is 0. The number of hydrogen-bond acceptors (Lipinski definition) is 0. The van der Waals surface area contributed by atoms with Crippen molar-refractivity contribution in [1.29, 1.82) is 0 Å². The standard InChI is InChI=1S/4C7H16/c4*1-5-7(4)6(2)3/h4*6-7H,5H2,1-4H3. The zero-order valence-corrected chi connectivity index (χ0v) is 23.4. The topological polar surface area (TPSA) is 0 Å². The summed E-state index contributed by atoms with van der Waals surface area (Å²) >= 11 is 0. The third kappa shape index (κ3) is 28.2. The second-order valence-corrected chi connectivity index (χ2v) is 10.5. The van der Waals surface area contributed by atoms with E-state index in [4.69, 9.17) is 0 Å². The van der Waals surface area contributed by atoms with Crippen LogP contribution in [0.4, 0.5) is 0 Å². The third-order valence-electron chi connectivity index (χ3n) is 7.13. The lowest BCUT2D eigenvalue weighted by molar-refractivity contribution is 0.407. The number of rotatable bonds is 8. The van der Waals surface area contributed by atoms with Gasteiger partial charge in [-0.05, 0) is 47.3 Å². The minimum Gasteiger partial charge on any atom is -0.0651 e. The van der Waals surface area contributed by atoms with Crippen molar-refractivity contribution in [1.82, 2.24) is 0 Å². The van der Waals surface area contributed by atoms with Crippen molar-refractivity contribution in [3.8, 4) is 0 Å². The summed E-state index contributed by atoms with van der Waals surface area (Å²) < 4.78 is 0. The van der Waals surface area contributed by atoms with E-state index >= 15 is 0 Å². The van der Waals surface area contributed by atoms with Crippen LogP contribution in [0, 0.1) is 47.3 Å². The molecule has 0 N–H and O–H groups in total. The Hall–Kier alpha value is 0. The van der Waals surface area contributed by atoms with Gasteiger partial charge < -0.3 is 0 Å². The molecule has 0 aliphatic carbocycles. The summed E-state index contributed by atoms with van der Waals surface area (Å²) in [6.07, 6.45) is 5.27. The minimum atomic E-state index is 0.866. The van der Waals surface area contributed by atoms with E-state index in [1.54, 1.807) is 0 Å². The van der Waals surface area contributed by atoms with Gasteiger partial charge in [0.15, 0.2) is 0 Å². The van der Waals surface area contributed by atoms with Crippen LogP contribution in [0.25, 0.3) is 0 Å². The van der Waals surface area contributed by atoms with E-state index in [-0.39, 0.29) is 0 Å². The van der Waals surface area contributed by atoms with Crippen LogP contribution in [-0.2, 0) is 0 Å². The highest BCUT2D eigenvalue weighted by atomic mass is 14.1. The molecule has 0 saturated carbocycles. The average Bonchev–Trinajstić information content (AvgIpc) is 2.66. The molecular weight excluding hydrogens is 336 g/mol. The van der Waals surface area contributed by atoms with Gasteiger partial charge in [0.2, 0.25) is 0 Å². The lowest BCUT2D eigenvalue weighted by atomic mass is 9.96. The first kappa shape index (κ1) is 35.4. The fourth-order valence-corrected chi connectivity index (χ4v) is 1.89. The summed E-state index contributed by atoms with van der Waals surface area (Å²) in [7, 11) is 0. The fraction of sp³-hybridized carbons (Fsp3) is 1.00. The summed E-state index contributed by atoms with van der Waals surface area (Å²) in [5.41, 5.74) is 0. The van der Waals surface area contributed by atoms with Crippen LogP contribution in [0.15, 0.2) is 0 Å². The summed E-state index contributed by atoms with van der Waals surface area (Å²) in [5, 5.41) is 0. The smallest absolute Gasteiger partial charge is 0.0422 e. The minimum absolute atomic E-state index is 0.866. The normalized spacial score (nSPS) is 15.0. The van der Waals surface area contributed by atoms with Gasteiger partial charge in [0.05, 0.1) is 0 Å². The summed E-state index contributed by atoms with van der Waals surface area (Å²) in [6, 6.07) is 0. The highest BCUT2D eigenvalue weighted by Gasteiger charge is 2.02. The first-order chi connectivity index (χ1) is 12.7. The van der Waals surface area contributed by atoms with Gasteiger partial charge in [0.1, 0.15) is 0 Å². The SMILES string of the molecule is CCC(C)C(C)C.CCC(C)C(C)C.CCC(C)C(C)C.CCC(C)C(C)C. The van der Waals surface area contributed by atoms with Gasteiger partial charge in [-0.2, -0.15) is 0 Å². The Bertz CT molecular complexity index is 205. The van der Waals surface area contributed by atoms with Crippen LogP contribution in [-0.4, -0.2) is 0 Å². The van der Waals surface area contributed by atoms with Gasteiger partial charge in [0, 0.05) is 0 Å². The van der Waals surface area contributed by atoms with E-state index < -0.39 is 0 Å². The Balaban J connectivity index is -0.000000137. The summed E-state index contributed by atoms with van der Waals surface area (Å²) in [6.45, 7) is 36.3. The predicted molar refractivity (Wildman–Crippen MR) is 137 cm³/mol. The van der Waals surface area contributed by atoms with Crippen LogP contribution >= 0.6 is 0 Å². The Morgan fingerprint density at radius 3 is 0.393 bits per heavy atom. The third-order valence-corrected chi connectivity index (χ3v) is 7.13. The van der Waals surface area contributed by atoms with Crippen molar-refractivity contribution in [2.75, 3.05) is 0 Å². The zero-order chi connectivity index (χ0) is 23.4. The Kier molecular flexibility index (Phi) is 29.5. The molecule has 0 saturated heterocycles. The van der Waals surface area contributed by atoms with Crippen molar-refractivity contribution in [2.45, 2.75) is 136 Å². The van der Waals surface area contributed by atoms with Gasteiger partial charge in [0.25, 0.3) is 0 Å². The predicted octanol–water partition coefficient (Wildman–Crippen LogP) is 10.8. The number of hydrogen-bond donors (Lipinski definition) is 0. The summed E-state index contributed by atoms with van der Waals surface area (Å²) in [5.74, 6) is 7.07. The molecule has 0 aromatic heterocycles. The molecule has 0 bridgehead atoms. The van der Waals surface area contributed by atoms with E-state index in [0.717, 1.165) is 47.3 Å². The maximum Gasteiger partial charge on any atom is -0.0422 e. The van der Waals surface area contributed by atoms with E-state index in [2.05, 4.69) is 111 Å². The molecular formula is C28H64. The Morgan fingerprint density at radius 2 is 0.393 bits per heavy atom. The largest absolute Gasteiger partial charge is 0.0651 e. The zero-order valence-electron chi connectivity index (χ0n) is 23.4. The lowest BCUT2D eigenvalue weighted by Crippen LogP contribution is -2.00. The van der Waals surface area contributed by atoms with Crippen LogP contribution in [0.5, 0.6) is 0 Å². The van der Waals surface area contributed by atoms with Crippen LogP contribution in [0.1, 0.15) is 136 Å². The molecule has 0 nitrogen and oxygen atoms in total. The van der Waals surface area contributed by atoms with E-state index in [0.29, 0.717) is 0 Å². The van der Waals surface area contributed by atoms with E-state index in [1.807, 2.05) is 0 Å². The Labute approximate surface area is 184 Å². The fourth-order valence-electron chi connectivity index (χ4n) is 1.89. The van der Waals surface area contributed by atoms with Gasteiger partial charge in [-0.25, -0.2) is 0 Å². The van der Waals surface area contributed by atoms with Crippen molar-refractivity contribution in [2.24, 2.45) is 47.3 Å². The molecule has 0 aromatic carbocycles. The van der Waals surface area contributed by atoms with Crippen LogP contribution in [0.2, 0.25) is 0 Å². The second kappa shape index (κ2) is 23.3. The molecule has 28 heavy (non-hydrogen) atoms. The molecule has 0 aliphatic heterocycles. The molecule has 0 spiro atoms. The molecule has 0 heteroatoms. The maximum atomic E-state index is 2.30. The molecule has 0 rings (SSSR count). The first-order valence-electron chi connectivity index (χ1n) is 12.7. The first-order valence-corrected chi connectivity index (χ1v) is 12.7. The highest BCUT2D eigenvalue weighted by molar-refractivity contribution is 4.53. The molecule has 4 atom stereocenters. The van der Waals surface area contributed by atoms with Crippen molar-refractivity contribution in [3.05, 3.63) is 0 Å². The molecule has 0 amide bonds. The van der Waals surface area contributed by atoms with Crippen molar-refractivity contribution >= 4 is 0 Å². The van der Waals surface area contributed by atoms with Gasteiger partial charge in [-0.3, -0.25) is 0 Å². The van der Waals surface area contributed by atoms with Crippen molar-refractivity contribution < 1.29 is 0 Å². The molecule has 0 aromatic rings. The molecule has 0 radical (unpaired) electrons. The van der Waals surface area contributed by atoms with Gasteiger partial charge in [-0.15, -0.1) is 0 Å². The highest BCUT2D eigenvalue weighted by Crippen LogP contribution is 2.13. The van der Waals surface area contributed by atoms with Crippen molar-refractivity contribution in [3.63, 3.8) is 0 Å². The quantitative estimate of drug-likeness (QED) is 0.380. The van der Waals surface area contributed by atoms with E-state index in [9.17, 15) is 0 Å². The second-order valence-electron chi connectivity index (χ2n) is 10.5. The molecule has 176 valence electrons. The molecule has 4 unspecified atom stereocenters. The van der Waals surface area contributed by atoms with Crippen LogP contribution < -0.4 is 0 Å². The average molecular weight is 401 g/mol. The maximum absolute atomic E-state index is 2.30. The van der Waals surface area contributed by atoms with Crippen LogP contribution in [0.3, 0.4) is 0 Å². The monoisotopic (exact) mass is 401 g/mol. The van der Waals surface area contributed by atoms with Gasteiger partial charge >= 0.3 is 0 Å². The van der Waals surface area contributed by atoms with E-state index in [1.165, 1.54) is 25.7 Å². The molecule has 0 fully saturated rings. The Morgan fingerprint density at radius 1 is 0.286 bits per heavy atom. The molecule has 0 heterocycles. The molecule has 0 aliphatic rings. The van der Waals surface area contributed by atoms with Gasteiger partial charge in [-0.1, -0.05) is 136 Å². The lowest BCUT2D eigenvalue weighted by Gasteiger charge is -2.10.